The van der Waals surface area contributed by atoms with E-state index in [2.05, 4.69) is 5.10 Å². The highest BCUT2D eigenvalue weighted by Crippen LogP contribution is 2.29. The minimum absolute atomic E-state index is 0.246. The molecule has 0 aliphatic rings. The van der Waals surface area contributed by atoms with Gasteiger partial charge in [-0.15, -0.1) is 0 Å². The number of benzene rings is 2. The third-order valence-electron chi connectivity index (χ3n) is 3.01. The van der Waals surface area contributed by atoms with Gasteiger partial charge in [0.2, 0.25) is 0 Å². The van der Waals surface area contributed by atoms with Gasteiger partial charge in [0.05, 0.1) is 5.69 Å². The maximum Gasteiger partial charge on any atom is 0.339 e. The summed E-state index contributed by atoms with van der Waals surface area (Å²) in [7, 11) is 0. The average Bonchev–Trinajstić information content (AvgIpc) is 3.00. The monoisotopic (exact) mass is 313 g/mol. The minimum atomic E-state index is -0.616. The number of aromatic nitrogens is 2. The number of nitrogens with two attached hydrogens (primary N) is 1. The molecule has 3 rings (SSSR count). The lowest BCUT2D eigenvalue weighted by atomic mass is 10.2. The number of primary amides is 1. The van der Waals surface area contributed by atoms with Gasteiger partial charge in [-0.1, -0.05) is 23.9 Å². The summed E-state index contributed by atoms with van der Waals surface area (Å²) in [5.74, 6) is -0.246. The van der Waals surface area contributed by atoms with E-state index in [4.69, 9.17) is 5.73 Å². The van der Waals surface area contributed by atoms with Crippen LogP contribution in [-0.4, -0.2) is 15.8 Å². The number of carbonyl (C=O) groups is 1. The smallest absolute Gasteiger partial charge is 0.339 e. The molecule has 4 nitrogen and oxygen atoms in total. The Kier molecular flexibility index (Phi) is 3.93. The van der Waals surface area contributed by atoms with E-state index in [1.54, 1.807) is 30.0 Å². The van der Waals surface area contributed by atoms with Crippen molar-refractivity contribution in [1.82, 2.24) is 9.78 Å². The quantitative estimate of drug-likeness (QED) is 0.800. The van der Waals surface area contributed by atoms with Crippen molar-refractivity contribution < 1.29 is 9.18 Å². The van der Waals surface area contributed by atoms with Gasteiger partial charge in [0.25, 0.3) is 0 Å². The van der Waals surface area contributed by atoms with Crippen molar-refractivity contribution in [1.29, 1.82) is 0 Å². The molecule has 0 aliphatic carbocycles. The number of halogens is 1. The van der Waals surface area contributed by atoms with E-state index in [9.17, 15) is 9.18 Å². The Hall–Kier alpha value is -2.60. The molecule has 0 aliphatic heterocycles. The van der Waals surface area contributed by atoms with Crippen molar-refractivity contribution in [2.45, 2.75) is 9.79 Å². The summed E-state index contributed by atoms with van der Waals surface area (Å²) in [6.45, 7) is 0. The van der Waals surface area contributed by atoms with Crippen LogP contribution in [0.15, 0.2) is 70.6 Å². The van der Waals surface area contributed by atoms with E-state index >= 15 is 0 Å². The first kappa shape index (κ1) is 14.3. The van der Waals surface area contributed by atoms with Crippen molar-refractivity contribution in [3.8, 4) is 11.3 Å². The third-order valence-corrected chi connectivity index (χ3v) is 4.03. The van der Waals surface area contributed by atoms with Crippen LogP contribution in [0, 0.1) is 5.82 Å². The summed E-state index contributed by atoms with van der Waals surface area (Å²) in [4.78, 5) is 13.0. The van der Waals surface area contributed by atoms with Gasteiger partial charge in [-0.2, -0.15) is 9.78 Å². The molecule has 0 fully saturated rings. The number of hydrogen-bond donors (Lipinski definition) is 1. The minimum Gasteiger partial charge on any atom is -0.350 e. The van der Waals surface area contributed by atoms with Crippen LogP contribution in [0.1, 0.15) is 0 Å². The predicted octanol–water partition coefficient (Wildman–Crippen LogP) is 3.77. The standard InChI is InChI=1S/C16H12FN3OS/c17-12-3-7-14(8-4-12)22-13-5-1-11(2-6-13)15-9-10-20(19-15)16(18)21/h1-10H,(H2,18,21). The van der Waals surface area contributed by atoms with E-state index < -0.39 is 6.03 Å². The first-order chi connectivity index (χ1) is 10.6. The van der Waals surface area contributed by atoms with Crippen molar-refractivity contribution in [2.75, 3.05) is 0 Å². The molecule has 2 N–H and O–H groups in total. The Labute approximate surface area is 130 Å². The SMILES string of the molecule is NC(=O)n1ccc(-c2ccc(Sc3ccc(F)cc3)cc2)n1. The fraction of sp³-hybridized carbons (Fsp3) is 0. The van der Waals surface area contributed by atoms with Crippen molar-refractivity contribution in [3.05, 3.63) is 66.6 Å². The topological polar surface area (TPSA) is 60.9 Å². The van der Waals surface area contributed by atoms with Gasteiger partial charge in [-0.05, 0) is 42.5 Å². The van der Waals surface area contributed by atoms with Crippen molar-refractivity contribution in [2.24, 2.45) is 5.73 Å². The Morgan fingerprint density at radius 1 is 1.00 bits per heavy atom. The highest BCUT2D eigenvalue weighted by atomic mass is 32.2. The molecule has 0 spiro atoms. The predicted molar refractivity (Wildman–Crippen MR) is 83.2 cm³/mol. The van der Waals surface area contributed by atoms with Gasteiger partial charge in [-0.3, -0.25) is 0 Å². The van der Waals surface area contributed by atoms with Crippen LogP contribution in [0.4, 0.5) is 9.18 Å². The second-order valence-corrected chi connectivity index (χ2v) is 5.71. The van der Waals surface area contributed by atoms with Crippen LogP contribution < -0.4 is 5.73 Å². The Bertz CT molecular complexity index is 797. The molecule has 0 saturated carbocycles. The van der Waals surface area contributed by atoms with E-state index in [-0.39, 0.29) is 5.82 Å². The first-order valence-corrected chi connectivity index (χ1v) is 7.33. The highest BCUT2D eigenvalue weighted by molar-refractivity contribution is 7.99. The maximum absolute atomic E-state index is 12.9. The molecule has 1 heterocycles. The molecule has 110 valence electrons. The molecule has 1 aromatic heterocycles. The van der Waals surface area contributed by atoms with Crippen LogP contribution >= 0.6 is 11.8 Å². The number of nitrogens with zero attached hydrogens (tertiary/aromatic N) is 2. The second kappa shape index (κ2) is 6.03. The van der Waals surface area contributed by atoms with Crippen LogP contribution in [0.3, 0.4) is 0 Å². The summed E-state index contributed by atoms with van der Waals surface area (Å²) in [6.07, 6.45) is 1.53. The van der Waals surface area contributed by atoms with Crippen molar-refractivity contribution in [3.63, 3.8) is 0 Å². The summed E-state index contributed by atoms with van der Waals surface area (Å²) < 4.78 is 14.0. The normalized spacial score (nSPS) is 10.6. The lowest BCUT2D eigenvalue weighted by Crippen LogP contribution is -2.19. The zero-order chi connectivity index (χ0) is 15.5. The molecular formula is C16H12FN3OS. The summed E-state index contributed by atoms with van der Waals surface area (Å²) in [5.41, 5.74) is 6.73. The number of hydrogen-bond acceptors (Lipinski definition) is 3. The summed E-state index contributed by atoms with van der Waals surface area (Å²) >= 11 is 1.54. The summed E-state index contributed by atoms with van der Waals surface area (Å²) in [5, 5.41) is 4.10. The molecule has 0 unspecified atom stereocenters. The molecule has 0 saturated heterocycles. The molecular weight excluding hydrogens is 301 g/mol. The van der Waals surface area contributed by atoms with Gasteiger partial charge >= 0.3 is 6.03 Å². The van der Waals surface area contributed by atoms with Crippen LogP contribution in [-0.2, 0) is 0 Å². The van der Waals surface area contributed by atoms with Gasteiger partial charge in [0, 0.05) is 21.6 Å². The van der Waals surface area contributed by atoms with Gasteiger partial charge < -0.3 is 5.73 Å². The van der Waals surface area contributed by atoms with Gasteiger partial charge in [0.1, 0.15) is 5.82 Å². The number of rotatable bonds is 3. The number of amides is 1. The fourth-order valence-electron chi connectivity index (χ4n) is 1.93. The molecule has 0 radical (unpaired) electrons. The number of carbonyl (C=O) groups excluding carboxylic acids is 1. The molecule has 22 heavy (non-hydrogen) atoms. The fourth-order valence-corrected chi connectivity index (χ4v) is 2.75. The van der Waals surface area contributed by atoms with E-state index in [0.29, 0.717) is 5.69 Å². The molecule has 1 amide bonds. The molecule has 2 aromatic carbocycles. The van der Waals surface area contributed by atoms with Crippen LogP contribution in [0.25, 0.3) is 11.3 Å². The highest BCUT2D eigenvalue weighted by Gasteiger charge is 2.05. The van der Waals surface area contributed by atoms with Crippen molar-refractivity contribution >= 4 is 17.8 Å². The van der Waals surface area contributed by atoms with E-state index in [1.807, 2.05) is 24.3 Å². The third kappa shape index (κ3) is 3.17. The van der Waals surface area contributed by atoms with Gasteiger partial charge in [0.15, 0.2) is 0 Å². The largest absolute Gasteiger partial charge is 0.350 e. The Balaban J connectivity index is 1.77. The molecule has 0 atom stereocenters. The maximum atomic E-state index is 12.9. The second-order valence-electron chi connectivity index (χ2n) is 4.56. The Morgan fingerprint density at radius 2 is 1.59 bits per heavy atom. The zero-order valence-corrected chi connectivity index (χ0v) is 12.3. The lowest BCUT2D eigenvalue weighted by molar-refractivity contribution is 0.248. The molecule has 0 bridgehead atoms. The van der Waals surface area contributed by atoms with E-state index in [1.165, 1.54) is 18.3 Å². The van der Waals surface area contributed by atoms with Gasteiger partial charge in [-0.25, -0.2) is 9.18 Å². The van der Waals surface area contributed by atoms with Crippen LogP contribution in [0.5, 0.6) is 0 Å². The lowest BCUT2D eigenvalue weighted by Gasteiger charge is -2.03. The molecule has 3 aromatic rings. The molecule has 6 heteroatoms. The first-order valence-electron chi connectivity index (χ1n) is 6.51. The van der Waals surface area contributed by atoms with Crippen LogP contribution in [0.2, 0.25) is 0 Å². The summed E-state index contributed by atoms with van der Waals surface area (Å²) in [6, 6.07) is 15.2. The zero-order valence-electron chi connectivity index (χ0n) is 11.4. The Morgan fingerprint density at radius 3 is 2.14 bits per heavy atom. The average molecular weight is 313 g/mol. The van der Waals surface area contributed by atoms with E-state index in [0.717, 1.165) is 20.0 Å².